The maximum atomic E-state index is 11.1. The normalized spacial score (nSPS) is 20.4. The molecule has 0 unspecified atom stereocenters. The van der Waals surface area contributed by atoms with Gasteiger partial charge in [-0.15, -0.1) is 0 Å². The molecule has 0 spiro atoms. The van der Waals surface area contributed by atoms with Gasteiger partial charge in [0.15, 0.2) is 5.69 Å². The zero-order valence-electron chi connectivity index (χ0n) is 14.9. The number of aliphatic hydroxyl groups is 1. The van der Waals surface area contributed by atoms with Crippen LogP contribution in [0.25, 0.3) is 16.2 Å². The van der Waals surface area contributed by atoms with Gasteiger partial charge in [-0.25, -0.2) is 9.83 Å². The van der Waals surface area contributed by atoms with E-state index in [0.717, 1.165) is 11.1 Å². The van der Waals surface area contributed by atoms with Crippen molar-refractivity contribution in [2.75, 3.05) is 0 Å². The van der Waals surface area contributed by atoms with E-state index in [1.54, 1.807) is 24.4 Å². The van der Waals surface area contributed by atoms with Gasteiger partial charge in [0, 0.05) is 28.5 Å². The van der Waals surface area contributed by atoms with Crippen LogP contribution in [0.2, 0.25) is 5.02 Å². The summed E-state index contributed by atoms with van der Waals surface area (Å²) in [4.78, 5) is 8.02. The Labute approximate surface area is 162 Å². The average Bonchev–Trinajstić information content (AvgIpc) is 3.12. The van der Waals surface area contributed by atoms with Gasteiger partial charge in [0.2, 0.25) is 0 Å². The maximum Gasteiger partial charge on any atom is 0.187 e. The van der Waals surface area contributed by atoms with Crippen LogP contribution >= 0.6 is 11.6 Å². The van der Waals surface area contributed by atoms with E-state index < -0.39 is 17.7 Å². The Morgan fingerprint density at radius 3 is 2.67 bits per heavy atom. The molecule has 2 atom stereocenters. The van der Waals surface area contributed by atoms with Gasteiger partial charge in [-0.1, -0.05) is 17.7 Å². The van der Waals surface area contributed by atoms with Crippen molar-refractivity contribution in [2.24, 2.45) is 0 Å². The number of aromatic nitrogens is 2. The molecule has 0 fully saturated rings. The molecule has 0 radical (unpaired) electrons. The fourth-order valence-electron chi connectivity index (χ4n) is 3.49. The van der Waals surface area contributed by atoms with Crippen LogP contribution in [0.5, 0.6) is 5.75 Å². The lowest BCUT2D eigenvalue weighted by molar-refractivity contribution is -0.0633. The second-order valence-corrected chi connectivity index (χ2v) is 7.53. The summed E-state index contributed by atoms with van der Waals surface area (Å²) in [5, 5.41) is 11.8. The molecule has 2 aromatic carbocycles. The van der Waals surface area contributed by atoms with Gasteiger partial charge in [-0.2, -0.15) is 0 Å². The molecule has 1 aromatic heterocycles. The first-order chi connectivity index (χ1) is 12.9. The summed E-state index contributed by atoms with van der Waals surface area (Å²) in [6.07, 6.45) is 2.72. The highest BCUT2D eigenvalue weighted by Gasteiger charge is 2.44. The minimum Gasteiger partial charge on any atom is -0.485 e. The third kappa shape index (κ3) is 2.97. The number of hydrogen-bond acceptors (Lipinski definition) is 3. The Kier molecular flexibility index (Phi) is 4.18. The maximum absolute atomic E-state index is 11.1. The van der Waals surface area contributed by atoms with Crippen molar-refractivity contribution in [1.82, 2.24) is 9.55 Å². The largest absolute Gasteiger partial charge is 0.485 e. The molecule has 6 heteroatoms. The molecule has 3 aromatic rings. The van der Waals surface area contributed by atoms with Crippen LogP contribution in [0.1, 0.15) is 25.5 Å². The molecule has 5 nitrogen and oxygen atoms in total. The van der Waals surface area contributed by atoms with E-state index in [1.165, 1.54) is 0 Å². The molecule has 1 aliphatic rings. The summed E-state index contributed by atoms with van der Waals surface area (Å²) in [7, 11) is 0. The van der Waals surface area contributed by atoms with Crippen LogP contribution in [0.3, 0.4) is 0 Å². The lowest BCUT2D eigenvalue weighted by Gasteiger charge is -2.43. The number of rotatable bonds is 2. The van der Waals surface area contributed by atoms with Crippen LogP contribution in [0.15, 0.2) is 54.9 Å². The predicted octanol–water partition coefficient (Wildman–Crippen LogP) is 4.88. The van der Waals surface area contributed by atoms with E-state index in [2.05, 4.69) is 9.83 Å². The molecule has 4 rings (SSSR count). The van der Waals surface area contributed by atoms with Gasteiger partial charge < -0.3 is 14.4 Å². The summed E-state index contributed by atoms with van der Waals surface area (Å²) in [5.74, 6) is 1.38. The number of halogens is 1. The molecule has 27 heavy (non-hydrogen) atoms. The topological polar surface area (TPSA) is 51.6 Å². The van der Waals surface area contributed by atoms with Gasteiger partial charge in [0.25, 0.3) is 0 Å². The molecule has 2 heterocycles. The van der Waals surface area contributed by atoms with Crippen molar-refractivity contribution < 1.29 is 9.84 Å². The van der Waals surface area contributed by atoms with Crippen molar-refractivity contribution >= 4 is 17.3 Å². The van der Waals surface area contributed by atoms with E-state index in [9.17, 15) is 5.11 Å². The van der Waals surface area contributed by atoms with Crippen molar-refractivity contribution in [3.8, 4) is 17.1 Å². The highest BCUT2D eigenvalue weighted by molar-refractivity contribution is 6.30. The molecular weight excluding hydrogens is 362 g/mol. The van der Waals surface area contributed by atoms with Crippen molar-refractivity contribution in [1.29, 1.82) is 0 Å². The van der Waals surface area contributed by atoms with Gasteiger partial charge in [-0.05, 0) is 50.2 Å². The second kappa shape index (κ2) is 6.41. The van der Waals surface area contributed by atoms with E-state index in [1.807, 2.05) is 48.9 Å². The number of imidazole rings is 1. The monoisotopic (exact) mass is 379 g/mol. The molecule has 1 N–H and O–H groups in total. The molecule has 136 valence electrons. The molecule has 1 aliphatic heterocycles. The third-order valence-corrected chi connectivity index (χ3v) is 5.15. The minimum absolute atomic E-state index is 0.432. The molecule has 0 aliphatic carbocycles. The van der Waals surface area contributed by atoms with Crippen LogP contribution in [0.4, 0.5) is 5.69 Å². The summed E-state index contributed by atoms with van der Waals surface area (Å²) in [6.45, 7) is 11.0. The van der Waals surface area contributed by atoms with Crippen LogP contribution in [0, 0.1) is 6.57 Å². The predicted molar refractivity (Wildman–Crippen MR) is 104 cm³/mol. The summed E-state index contributed by atoms with van der Waals surface area (Å²) in [5.41, 5.74) is 1.37. The van der Waals surface area contributed by atoms with Crippen LogP contribution in [-0.2, 0) is 0 Å². The highest BCUT2D eigenvalue weighted by Crippen LogP contribution is 2.44. The number of fused-ring (bicyclic) bond motifs is 1. The first-order valence-corrected chi connectivity index (χ1v) is 8.96. The Morgan fingerprint density at radius 2 is 1.96 bits per heavy atom. The number of nitrogens with zero attached hydrogens (tertiary/aromatic N) is 3. The SMILES string of the molecule is [C-]#[N+]c1ccc2c(c1)[C@@H](n1ccnc1-c1ccc(Cl)cc1)[C@H](O)C(C)(C)O2. The minimum atomic E-state index is -0.828. The van der Waals surface area contributed by atoms with Gasteiger partial charge >= 0.3 is 0 Å². The van der Waals surface area contributed by atoms with Crippen LogP contribution < -0.4 is 4.74 Å². The van der Waals surface area contributed by atoms with Crippen molar-refractivity contribution in [3.05, 3.63) is 76.9 Å². The highest BCUT2D eigenvalue weighted by atomic mass is 35.5. The lowest BCUT2D eigenvalue weighted by atomic mass is 9.86. The first kappa shape index (κ1) is 17.6. The Balaban J connectivity index is 1.90. The number of ether oxygens (including phenoxy) is 1. The first-order valence-electron chi connectivity index (χ1n) is 8.58. The fraction of sp³-hybridized carbons (Fsp3) is 0.238. The number of hydrogen-bond donors (Lipinski definition) is 1. The molecule has 0 saturated carbocycles. The van der Waals surface area contributed by atoms with Crippen LogP contribution in [-0.4, -0.2) is 26.4 Å². The Bertz CT molecular complexity index is 1030. The standard InChI is InChI=1S/C21H18ClN3O2/c1-21(2)19(26)18(16-12-15(23-3)8-9-17(16)27-21)25-11-10-24-20(25)13-4-6-14(22)7-5-13/h4-12,18-19,26H,1-2H3/t18-,19+/m1/s1. The van der Waals surface area contributed by atoms with E-state index in [4.69, 9.17) is 22.9 Å². The van der Waals surface area contributed by atoms with E-state index in [-0.39, 0.29) is 0 Å². The van der Waals surface area contributed by atoms with Gasteiger partial charge in [-0.3, -0.25) is 0 Å². The summed E-state index contributed by atoms with van der Waals surface area (Å²) in [6, 6.07) is 12.3. The fourth-order valence-corrected chi connectivity index (χ4v) is 3.61. The number of benzene rings is 2. The zero-order chi connectivity index (χ0) is 19.2. The van der Waals surface area contributed by atoms with Gasteiger partial charge in [0.1, 0.15) is 23.3 Å². The van der Waals surface area contributed by atoms with E-state index in [0.29, 0.717) is 22.3 Å². The average molecular weight is 380 g/mol. The molecular formula is C21H18ClN3O2. The summed E-state index contributed by atoms with van der Waals surface area (Å²) < 4.78 is 7.95. The van der Waals surface area contributed by atoms with Gasteiger partial charge in [0.05, 0.1) is 12.6 Å². The smallest absolute Gasteiger partial charge is 0.187 e. The Hall–Kier alpha value is -2.81. The third-order valence-electron chi connectivity index (χ3n) is 4.90. The molecule has 0 bridgehead atoms. The number of aliphatic hydroxyl groups excluding tert-OH is 1. The second-order valence-electron chi connectivity index (χ2n) is 7.09. The van der Waals surface area contributed by atoms with E-state index >= 15 is 0 Å². The Morgan fingerprint density at radius 1 is 1.22 bits per heavy atom. The summed E-state index contributed by atoms with van der Waals surface area (Å²) >= 11 is 6.01. The molecule has 0 saturated heterocycles. The zero-order valence-corrected chi connectivity index (χ0v) is 15.7. The molecule has 0 amide bonds. The lowest BCUT2D eigenvalue weighted by Crippen LogP contribution is -2.50. The van der Waals surface area contributed by atoms with Crippen molar-refractivity contribution in [2.45, 2.75) is 31.6 Å². The van der Waals surface area contributed by atoms with Crippen molar-refractivity contribution in [3.63, 3.8) is 0 Å². The quantitative estimate of drug-likeness (QED) is 0.646.